The van der Waals surface area contributed by atoms with Crippen LogP contribution in [0.3, 0.4) is 0 Å². The summed E-state index contributed by atoms with van der Waals surface area (Å²) in [5, 5.41) is 25.7. The molecule has 126 valence electrons. The molecule has 2 aromatic carbocycles. The molecule has 0 aliphatic carbocycles. The molecule has 0 unspecified atom stereocenters. The predicted octanol–water partition coefficient (Wildman–Crippen LogP) is 2.57. The molecule has 0 aliphatic rings. The van der Waals surface area contributed by atoms with Crippen molar-refractivity contribution in [2.45, 2.75) is 6.42 Å². The first-order chi connectivity index (χ1) is 11.5. The lowest BCUT2D eigenvalue weighted by atomic mass is 10.1. The number of esters is 1. The summed E-state index contributed by atoms with van der Waals surface area (Å²) in [7, 11) is 0. The fourth-order valence-electron chi connectivity index (χ4n) is 1.91. The number of phenolic OH excluding ortho intramolecular Hbond substituents is 1. The molecule has 0 saturated heterocycles. The third-order valence-corrected chi connectivity index (χ3v) is 3.02. The highest BCUT2D eigenvalue weighted by atomic mass is 17.1. The van der Waals surface area contributed by atoms with E-state index in [1.807, 2.05) is 0 Å². The van der Waals surface area contributed by atoms with E-state index >= 15 is 0 Å². The zero-order valence-electron chi connectivity index (χ0n) is 12.7. The number of hydrogen-bond donors (Lipinski definition) is 3. The summed E-state index contributed by atoms with van der Waals surface area (Å²) in [6.07, 6.45) is 3.28. The van der Waals surface area contributed by atoms with E-state index in [4.69, 9.17) is 15.2 Å². The molecule has 0 spiro atoms. The SMILES string of the molecule is O=C(/C=C/c1ccc(O)cc1)Oc1cccc(CCON(O)O)c1. The van der Waals surface area contributed by atoms with Crippen molar-refractivity contribution < 1.29 is 29.9 Å². The van der Waals surface area contributed by atoms with Crippen LogP contribution in [0.1, 0.15) is 11.1 Å². The average Bonchev–Trinajstić information content (AvgIpc) is 2.54. The van der Waals surface area contributed by atoms with E-state index < -0.39 is 5.97 Å². The number of benzene rings is 2. The molecule has 0 aromatic heterocycles. The fourth-order valence-corrected chi connectivity index (χ4v) is 1.91. The molecule has 24 heavy (non-hydrogen) atoms. The predicted molar refractivity (Wildman–Crippen MR) is 84.3 cm³/mol. The lowest BCUT2D eigenvalue weighted by molar-refractivity contribution is -0.492. The molecule has 0 bridgehead atoms. The molecule has 2 aromatic rings. The Morgan fingerprint density at radius 2 is 1.88 bits per heavy atom. The minimum Gasteiger partial charge on any atom is -0.508 e. The second-order valence-corrected chi connectivity index (χ2v) is 4.83. The molecule has 7 heteroatoms. The maximum absolute atomic E-state index is 11.8. The molecule has 0 fully saturated rings. The maximum atomic E-state index is 11.8. The van der Waals surface area contributed by atoms with Crippen LogP contribution in [0, 0.1) is 0 Å². The topological polar surface area (TPSA) is 99.5 Å². The van der Waals surface area contributed by atoms with Crippen molar-refractivity contribution in [3.8, 4) is 11.5 Å². The van der Waals surface area contributed by atoms with E-state index in [9.17, 15) is 9.90 Å². The normalized spacial score (nSPS) is 11.1. The Kier molecular flexibility index (Phi) is 6.47. The van der Waals surface area contributed by atoms with Gasteiger partial charge in [-0.1, -0.05) is 24.3 Å². The molecule has 0 heterocycles. The van der Waals surface area contributed by atoms with Crippen LogP contribution in [0.2, 0.25) is 0 Å². The minimum absolute atomic E-state index is 0.0607. The third-order valence-electron chi connectivity index (χ3n) is 3.02. The first-order valence-electron chi connectivity index (χ1n) is 7.11. The Bertz CT molecular complexity index is 696. The van der Waals surface area contributed by atoms with E-state index in [1.165, 1.54) is 18.2 Å². The lowest BCUT2D eigenvalue weighted by Gasteiger charge is -2.07. The zero-order chi connectivity index (χ0) is 17.4. The van der Waals surface area contributed by atoms with Crippen LogP contribution < -0.4 is 4.74 Å². The molecule has 0 saturated carbocycles. The standard InChI is InChI=1S/C17H17NO6/c19-15-7-4-13(5-8-15)6-9-17(20)24-16-3-1-2-14(12-16)10-11-23-18(21)22/h1-9,12,19,21-22H,10-11H2/b9-6+. The molecule has 0 amide bonds. The molecule has 2 rings (SSSR count). The number of carbonyl (C=O) groups is 1. The Balaban J connectivity index is 1.90. The highest BCUT2D eigenvalue weighted by molar-refractivity contribution is 5.88. The Morgan fingerprint density at radius 3 is 2.58 bits per heavy atom. The van der Waals surface area contributed by atoms with Gasteiger partial charge < -0.3 is 9.84 Å². The van der Waals surface area contributed by atoms with Crippen molar-refractivity contribution in [1.82, 2.24) is 5.39 Å². The Morgan fingerprint density at radius 1 is 1.12 bits per heavy atom. The van der Waals surface area contributed by atoms with Gasteiger partial charge in [0.05, 0.1) is 12.0 Å². The summed E-state index contributed by atoms with van der Waals surface area (Å²) in [5.74, 6) is -0.00730. The second kappa shape index (κ2) is 8.80. The van der Waals surface area contributed by atoms with Crippen LogP contribution in [0.25, 0.3) is 6.08 Å². The summed E-state index contributed by atoms with van der Waals surface area (Å²) in [5.41, 5.74) is 1.57. The van der Waals surface area contributed by atoms with Gasteiger partial charge in [0.15, 0.2) is 0 Å². The first kappa shape index (κ1) is 17.6. The number of nitrogens with zero attached hydrogens (tertiary/aromatic N) is 1. The maximum Gasteiger partial charge on any atom is 0.336 e. The summed E-state index contributed by atoms with van der Waals surface area (Å²) in [6.45, 7) is 0.0607. The lowest BCUT2D eigenvalue weighted by Crippen LogP contribution is -2.16. The average molecular weight is 331 g/mol. The number of aromatic hydroxyl groups is 1. The van der Waals surface area contributed by atoms with Gasteiger partial charge in [-0.05, 0) is 47.9 Å². The van der Waals surface area contributed by atoms with E-state index in [0.29, 0.717) is 12.2 Å². The van der Waals surface area contributed by atoms with E-state index in [0.717, 1.165) is 11.1 Å². The van der Waals surface area contributed by atoms with Crippen LogP contribution in [0.15, 0.2) is 54.6 Å². The highest BCUT2D eigenvalue weighted by Crippen LogP contribution is 2.15. The van der Waals surface area contributed by atoms with Gasteiger partial charge in [-0.2, -0.15) is 0 Å². The molecule has 0 aliphatic heterocycles. The van der Waals surface area contributed by atoms with Crippen molar-refractivity contribution >= 4 is 12.0 Å². The smallest absolute Gasteiger partial charge is 0.336 e. The van der Waals surface area contributed by atoms with Crippen molar-refractivity contribution in [2.75, 3.05) is 6.61 Å². The Labute approximate surface area is 138 Å². The van der Waals surface area contributed by atoms with E-state index in [2.05, 4.69) is 4.84 Å². The Hall–Kier alpha value is -2.71. The molecule has 3 N–H and O–H groups in total. The fraction of sp³-hybridized carbons (Fsp3) is 0.118. The third kappa shape index (κ3) is 6.19. The summed E-state index contributed by atoms with van der Waals surface area (Å²) in [6, 6.07) is 13.2. The summed E-state index contributed by atoms with van der Waals surface area (Å²) in [4.78, 5) is 16.3. The van der Waals surface area contributed by atoms with E-state index in [-0.39, 0.29) is 17.7 Å². The highest BCUT2D eigenvalue weighted by Gasteiger charge is 2.03. The van der Waals surface area contributed by atoms with Gasteiger partial charge in [-0.15, -0.1) is 0 Å². The van der Waals surface area contributed by atoms with Crippen molar-refractivity contribution in [3.63, 3.8) is 0 Å². The number of ether oxygens (including phenoxy) is 1. The van der Waals surface area contributed by atoms with Crippen LogP contribution in [0.5, 0.6) is 11.5 Å². The first-order valence-corrected chi connectivity index (χ1v) is 7.11. The van der Waals surface area contributed by atoms with Crippen molar-refractivity contribution in [2.24, 2.45) is 0 Å². The molecular formula is C17H17NO6. The minimum atomic E-state index is -0.534. The van der Waals surface area contributed by atoms with Crippen molar-refractivity contribution in [1.29, 1.82) is 0 Å². The van der Waals surface area contributed by atoms with Gasteiger partial charge in [-0.25, -0.2) is 4.79 Å². The summed E-state index contributed by atoms with van der Waals surface area (Å²) >= 11 is 0. The van der Waals surface area contributed by atoms with Crippen LogP contribution in [-0.2, 0) is 16.1 Å². The number of hydrogen-bond acceptors (Lipinski definition) is 7. The zero-order valence-corrected chi connectivity index (χ0v) is 12.7. The number of phenols is 1. The van der Waals surface area contributed by atoms with Crippen LogP contribution >= 0.6 is 0 Å². The molecule has 7 nitrogen and oxygen atoms in total. The van der Waals surface area contributed by atoms with Gasteiger partial charge in [0, 0.05) is 6.08 Å². The van der Waals surface area contributed by atoms with Gasteiger partial charge in [0.1, 0.15) is 11.5 Å². The van der Waals surface area contributed by atoms with Gasteiger partial charge in [-0.3, -0.25) is 15.3 Å². The van der Waals surface area contributed by atoms with Gasteiger partial charge >= 0.3 is 5.97 Å². The summed E-state index contributed by atoms with van der Waals surface area (Å²) < 4.78 is 5.20. The monoisotopic (exact) mass is 331 g/mol. The molecular weight excluding hydrogens is 314 g/mol. The number of carbonyl (C=O) groups excluding carboxylic acids is 1. The van der Waals surface area contributed by atoms with Crippen LogP contribution in [0.4, 0.5) is 0 Å². The largest absolute Gasteiger partial charge is 0.508 e. The number of rotatable bonds is 7. The van der Waals surface area contributed by atoms with E-state index in [1.54, 1.807) is 42.5 Å². The van der Waals surface area contributed by atoms with Crippen molar-refractivity contribution in [3.05, 3.63) is 65.7 Å². The quantitative estimate of drug-likeness (QED) is 0.310. The van der Waals surface area contributed by atoms with Gasteiger partial charge in [0.25, 0.3) is 0 Å². The molecule has 0 atom stereocenters. The molecule has 0 radical (unpaired) electrons. The van der Waals surface area contributed by atoms with Gasteiger partial charge in [0.2, 0.25) is 0 Å². The second-order valence-electron chi connectivity index (χ2n) is 4.83. The van der Waals surface area contributed by atoms with Crippen LogP contribution in [-0.4, -0.2) is 33.5 Å².